The van der Waals surface area contributed by atoms with Crippen LogP contribution in [0.3, 0.4) is 0 Å². The number of anilines is 1. The maximum Gasteiger partial charge on any atom is 0.0787 e. The van der Waals surface area contributed by atoms with Crippen LogP contribution in [0.2, 0.25) is 0 Å². The Morgan fingerprint density at radius 3 is 2.58 bits per heavy atom. The molecule has 1 fully saturated rings. The average molecular weight is 262 g/mol. The van der Waals surface area contributed by atoms with E-state index < -0.39 is 0 Å². The quantitative estimate of drug-likeness (QED) is 0.907. The molecular formula is C16H26N2O. The first-order valence-corrected chi connectivity index (χ1v) is 7.35. The molecule has 0 bridgehead atoms. The van der Waals surface area contributed by atoms with Gasteiger partial charge >= 0.3 is 0 Å². The number of hydrogen-bond acceptors (Lipinski definition) is 3. The van der Waals surface area contributed by atoms with Crippen LogP contribution in [-0.4, -0.2) is 42.7 Å². The van der Waals surface area contributed by atoms with Gasteiger partial charge in [0.05, 0.1) is 6.10 Å². The molecule has 0 spiro atoms. The van der Waals surface area contributed by atoms with Gasteiger partial charge in [-0.05, 0) is 51.1 Å². The molecule has 1 aromatic carbocycles. The molecule has 0 aliphatic carbocycles. The van der Waals surface area contributed by atoms with Gasteiger partial charge in [0.2, 0.25) is 0 Å². The molecule has 2 rings (SSSR count). The predicted molar refractivity (Wildman–Crippen MR) is 80.6 cm³/mol. The van der Waals surface area contributed by atoms with Crippen molar-refractivity contribution < 1.29 is 5.11 Å². The molecule has 1 heterocycles. The van der Waals surface area contributed by atoms with Gasteiger partial charge in [0, 0.05) is 24.8 Å². The summed E-state index contributed by atoms with van der Waals surface area (Å²) in [6.07, 6.45) is 1.64. The van der Waals surface area contributed by atoms with E-state index in [2.05, 4.69) is 48.0 Å². The van der Waals surface area contributed by atoms with Crippen molar-refractivity contribution in [2.24, 2.45) is 0 Å². The fourth-order valence-corrected chi connectivity index (χ4v) is 2.88. The molecule has 1 aliphatic rings. The van der Waals surface area contributed by atoms with E-state index in [9.17, 15) is 5.11 Å². The zero-order valence-electron chi connectivity index (χ0n) is 12.3. The lowest BCUT2D eigenvalue weighted by Crippen LogP contribution is -2.37. The maximum absolute atomic E-state index is 9.84. The minimum absolute atomic E-state index is 0.332. The molecule has 1 aromatic rings. The van der Waals surface area contributed by atoms with Crippen molar-refractivity contribution >= 4 is 5.69 Å². The van der Waals surface area contributed by atoms with Gasteiger partial charge < -0.3 is 14.9 Å². The SMILES string of the molecule is CC[C@H](O)c1ccc(N2CCCN(C)CC2C)cc1. The van der Waals surface area contributed by atoms with Gasteiger partial charge in [-0.2, -0.15) is 0 Å². The minimum atomic E-state index is -0.332. The highest BCUT2D eigenvalue weighted by Gasteiger charge is 2.19. The highest BCUT2D eigenvalue weighted by atomic mass is 16.3. The third kappa shape index (κ3) is 3.48. The summed E-state index contributed by atoms with van der Waals surface area (Å²) in [6, 6.07) is 8.95. The first kappa shape index (κ1) is 14.4. The first-order valence-electron chi connectivity index (χ1n) is 7.35. The molecule has 0 radical (unpaired) electrons. The monoisotopic (exact) mass is 262 g/mol. The van der Waals surface area contributed by atoms with Gasteiger partial charge in [0.15, 0.2) is 0 Å². The van der Waals surface area contributed by atoms with E-state index in [1.165, 1.54) is 18.7 Å². The molecule has 2 atom stereocenters. The van der Waals surface area contributed by atoms with Crippen molar-refractivity contribution in [1.29, 1.82) is 0 Å². The van der Waals surface area contributed by atoms with Crippen LogP contribution in [0.15, 0.2) is 24.3 Å². The zero-order chi connectivity index (χ0) is 13.8. The van der Waals surface area contributed by atoms with Crippen LogP contribution in [-0.2, 0) is 0 Å². The molecule has 1 N–H and O–H groups in total. The van der Waals surface area contributed by atoms with Crippen molar-refractivity contribution in [2.45, 2.75) is 38.8 Å². The Hall–Kier alpha value is -1.06. The fraction of sp³-hybridized carbons (Fsp3) is 0.625. The molecule has 19 heavy (non-hydrogen) atoms. The third-order valence-electron chi connectivity index (χ3n) is 4.04. The van der Waals surface area contributed by atoms with Gasteiger partial charge in [-0.15, -0.1) is 0 Å². The summed E-state index contributed by atoms with van der Waals surface area (Å²) in [5.74, 6) is 0. The Morgan fingerprint density at radius 1 is 1.26 bits per heavy atom. The summed E-state index contributed by atoms with van der Waals surface area (Å²) >= 11 is 0. The summed E-state index contributed by atoms with van der Waals surface area (Å²) < 4.78 is 0. The Labute approximate surface area is 116 Å². The van der Waals surface area contributed by atoms with Gasteiger partial charge in [-0.25, -0.2) is 0 Å². The maximum atomic E-state index is 9.84. The number of likely N-dealkylation sites (N-methyl/N-ethyl adjacent to an activating group) is 1. The predicted octanol–water partition coefficient (Wildman–Crippen LogP) is 2.66. The topological polar surface area (TPSA) is 26.7 Å². The molecule has 0 aromatic heterocycles. The highest BCUT2D eigenvalue weighted by Crippen LogP contribution is 2.23. The molecule has 1 aliphatic heterocycles. The second-order valence-corrected chi connectivity index (χ2v) is 5.67. The number of aliphatic hydroxyl groups excluding tert-OH is 1. The van der Waals surface area contributed by atoms with Crippen LogP contribution in [0.25, 0.3) is 0 Å². The second-order valence-electron chi connectivity index (χ2n) is 5.67. The standard InChI is InChI=1S/C16H26N2O/c1-4-16(19)14-6-8-15(9-7-14)18-11-5-10-17(3)12-13(18)2/h6-9,13,16,19H,4-5,10-12H2,1-3H3/t13?,16-/m0/s1. The van der Waals surface area contributed by atoms with Crippen LogP contribution in [0, 0.1) is 0 Å². The van der Waals surface area contributed by atoms with Crippen LogP contribution in [0.1, 0.15) is 38.4 Å². The molecule has 3 heteroatoms. The van der Waals surface area contributed by atoms with Crippen LogP contribution < -0.4 is 4.90 Å². The second kappa shape index (κ2) is 6.40. The van der Waals surface area contributed by atoms with E-state index in [0.29, 0.717) is 6.04 Å². The molecule has 106 valence electrons. The van der Waals surface area contributed by atoms with Crippen LogP contribution in [0.5, 0.6) is 0 Å². The first-order chi connectivity index (χ1) is 9.11. The molecule has 1 saturated heterocycles. The van der Waals surface area contributed by atoms with Crippen molar-refractivity contribution in [3.05, 3.63) is 29.8 Å². The third-order valence-corrected chi connectivity index (χ3v) is 4.04. The summed E-state index contributed by atoms with van der Waals surface area (Å²) in [7, 11) is 2.20. The van der Waals surface area contributed by atoms with E-state index in [-0.39, 0.29) is 6.10 Å². The zero-order valence-corrected chi connectivity index (χ0v) is 12.3. The Kier molecular flexibility index (Phi) is 4.83. The van der Waals surface area contributed by atoms with E-state index in [4.69, 9.17) is 0 Å². The van der Waals surface area contributed by atoms with E-state index in [1.54, 1.807) is 0 Å². The normalized spacial score (nSPS) is 23.2. The number of aliphatic hydroxyl groups is 1. The van der Waals surface area contributed by atoms with E-state index >= 15 is 0 Å². The average Bonchev–Trinajstić information content (AvgIpc) is 2.58. The van der Waals surface area contributed by atoms with E-state index in [1.807, 2.05) is 6.92 Å². The van der Waals surface area contributed by atoms with Gasteiger partial charge in [-0.1, -0.05) is 19.1 Å². The smallest absolute Gasteiger partial charge is 0.0787 e. The lowest BCUT2D eigenvalue weighted by molar-refractivity contribution is 0.173. The Bertz CT molecular complexity index is 390. The van der Waals surface area contributed by atoms with Crippen LogP contribution in [0.4, 0.5) is 5.69 Å². The van der Waals surface area contributed by atoms with Crippen molar-refractivity contribution in [3.8, 4) is 0 Å². The van der Waals surface area contributed by atoms with Crippen molar-refractivity contribution in [3.63, 3.8) is 0 Å². The minimum Gasteiger partial charge on any atom is -0.388 e. The number of rotatable bonds is 3. The number of nitrogens with zero attached hydrogens (tertiary/aromatic N) is 2. The summed E-state index contributed by atoms with van der Waals surface area (Å²) in [6.45, 7) is 7.69. The Balaban J connectivity index is 2.12. The molecule has 1 unspecified atom stereocenters. The number of hydrogen-bond donors (Lipinski definition) is 1. The highest BCUT2D eigenvalue weighted by molar-refractivity contribution is 5.49. The molecule has 0 saturated carbocycles. The molecular weight excluding hydrogens is 236 g/mol. The van der Waals surface area contributed by atoms with E-state index in [0.717, 1.165) is 25.1 Å². The lowest BCUT2D eigenvalue weighted by Gasteiger charge is -2.30. The van der Waals surface area contributed by atoms with Crippen molar-refractivity contribution in [2.75, 3.05) is 31.6 Å². The molecule has 0 amide bonds. The largest absolute Gasteiger partial charge is 0.388 e. The summed E-state index contributed by atoms with van der Waals surface area (Å²) in [5, 5.41) is 9.84. The Morgan fingerprint density at radius 2 is 1.95 bits per heavy atom. The fourth-order valence-electron chi connectivity index (χ4n) is 2.88. The summed E-state index contributed by atoms with van der Waals surface area (Å²) in [4.78, 5) is 4.88. The number of benzene rings is 1. The van der Waals surface area contributed by atoms with Gasteiger partial charge in [0.25, 0.3) is 0 Å². The lowest BCUT2D eigenvalue weighted by atomic mass is 10.1. The van der Waals surface area contributed by atoms with Gasteiger partial charge in [-0.3, -0.25) is 0 Å². The van der Waals surface area contributed by atoms with Crippen molar-refractivity contribution in [1.82, 2.24) is 4.90 Å². The molecule has 3 nitrogen and oxygen atoms in total. The summed E-state index contributed by atoms with van der Waals surface area (Å²) in [5.41, 5.74) is 2.29. The van der Waals surface area contributed by atoms with Crippen LogP contribution >= 0.6 is 0 Å². The van der Waals surface area contributed by atoms with Gasteiger partial charge in [0.1, 0.15) is 0 Å².